The van der Waals surface area contributed by atoms with Crippen molar-refractivity contribution in [1.82, 2.24) is 10.1 Å². The van der Waals surface area contributed by atoms with Crippen LogP contribution >= 0.6 is 0 Å². The van der Waals surface area contributed by atoms with Crippen LogP contribution in [0.2, 0.25) is 0 Å². The molecule has 1 aromatic rings. The molecule has 0 unspecified atom stereocenters. The molecule has 2 heterocycles. The lowest BCUT2D eigenvalue weighted by molar-refractivity contribution is -0.142. The minimum Gasteiger partial charge on any atom is -0.375 e. The van der Waals surface area contributed by atoms with E-state index in [0.29, 0.717) is 19.6 Å². The third-order valence-electron chi connectivity index (χ3n) is 3.44. The summed E-state index contributed by atoms with van der Waals surface area (Å²) in [6, 6.07) is 0.133. The minimum atomic E-state index is 0.106. The Balaban J connectivity index is 2.07. The van der Waals surface area contributed by atoms with Gasteiger partial charge in [0.15, 0.2) is 0 Å². The molecule has 1 amide bonds. The molecule has 0 saturated carbocycles. The van der Waals surface area contributed by atoms with Crippen LogP contribution in [0.1, 0.15) is 30.9 Å². The van der Waals surface area contributed by atoms with Crippen LogP contribution in [0.15, 0.2) is 4.52 Å². The van der Waals surface area contributed by atoms with Crippen LogP contribution in [0, 0.1) is 13.8 Å². The van der Waals surface area contributed by atoms with Gasteiger partial charge in [0.05, 0.1) is 30.9 Å². The van der Waals surface area contributed by atoms with E-state index < -0.39 is 0 Å². The Kier molecular flexibility index (Phi) is 3.71. The molecular weight excluding hydrogens is 232 g/mol. The molecule has 2 rings (SSSR count). The van der Waals surface area contributed by atoms with Crippen LogP contribution in [0.25, 0.3) is 0 Å². The van der Waals surface area contributed by atoms with E-state index in [1.165, 1.54) is 0 Å². The molecule has 1 aliphatic rings. The van der Waals surface area contributed by atoms with Crippen molar-refractivity contribution < 1.29 is 14.1 Å². The fraction of sp³-hybridized carbons (Fsp3) is 0.692. The highest BCUT2D eigenvalue weighted by molar-refractivity contribution is 5.79. The number of hydrogen-bond donors (Lipinski definition) is 0. The lowest BCUT2D eigenvalue weighted by Gasteiger charge is -2.36. The van der Waals surface area contributed by atoms with Gasteiger partial charge in [0.25, 0.3) is 0 Å². The summed E-state index contributed by atoms with van der Waals surface area (Å²) in [6.45, 7) is 8.97. The van der Waals surface area contributed by atoms with Gasteiger partial charge in [-0.25, -0.2) is 0 Å². The summed E-state index contributed by atoms with van der Waals surface area (Å²) in [6.07, 6.45) is 0.466. The van der Waals surface area contributed by atoms with Gasteiger partial charge < -0.3 is 14.2 Å². The summed E-state index contributed by atoms with van der Waals surface area (Å²) in [5.41, 5.74) is 1.71. The smallest absolute Gasteiger partial charge is 0.227 e. The van der Waals surface area contributed by atoms with E-state index in [1.807, 2.05) is 32.6 Å². The molecule has 5 nitrogen and oxygen atoms in total. The molecule has 1 aromatic heterocycles. The zero-order chi connectivity index (χ0) is 13.3. The van der Waals surface area contributed by atoms with Crippen molar-refractivity contribution in [2.75, 3.05) is 13.2 Å². The second-order valence-electron chi connectivity index (χ2n) is 5.02. The second-order valence-corrected chi connectivity index (χ2v) is 5.02. The van der Waals surface area contributed by atoms with Crippen LogP contribution in [0.4, 0.5) is 0 Å². The third-order valence-corrected chi connectivity index (χ3v) is 3.44. The minimum absolute atomic E-state index is 0.106. The molecule has 100 valence electrons. The Bertz CT molecular complexity index is 422. The molecular formula is C13H20N2O3. The van der Waals surface area contributed by atoms with Gasteiger partial charge in [-0.1, -0.05) is 5.16 Å². The Morgan fingerprint density at radius 3 is 2.78 bits per heavy atom. The van der Waals surface area contributed by atoms with Crippen molar-refractivity contribution >= 4 is 5.91 Å². The van der Waals surface area contributed by atoms with Gasteiger partial charge in [-0.2, -0.15) is 0 Å². The second kappa shape index (κ2) is 5.10. The van der Waals surface area contributed by atoms with Gasteiger partial charge >= 0.3 is 0 Å². The van der Waals surface area contributed by atoms with Gasteiger partial charge in [-0.3, -0.25) is 4.79 Å². The Hall–Kier alpha value is -1.36. The van der Waals surface area contributed by atoms with Crippen LogP contribution in [-0.4, -0.2) is 41.3 Å². The SMILES string of the molecule is Cc1noc(C)c1CC(=O)N1C[C@H](C)OC[C@@H]1C. The first-order chi connectivity index (χ1) is 8.49. The fourth-order valence-electron chi connectivity index (χ4n) is 2.26. The summed E-state index contributed by atoms with van der Waals surface area (Å²) in [5.74, 6) is 0.849. The van der Waals surface area contributed by atoms with Crippen molar-refractivity contribution in [2.45, 2.75) is 46.3 Å². The molecule has 1 saturated heterocycles. The third kappa shape index (κ3) is 2.56. The lowest BCUT2D eigenvalue weighted by atomic mass is 10.1. The fourth-order valence-corrected chi connectivity index (χ4v) is 2.26. The largest absolute Gasteiger partial charge is 0.375 e. The number of hydrogen-bond acceptors (Lipinski definition) is 4. The molecule has 5 heteroatoms. The summed E-state index contributed by atoms with van der Waals surface area (Å²) in [4.78, 5) is 14.2. The van der Waals surface area contributed by atoms with Crippen molar-refractivity contribution in [1.29, 1.82) is 0 Å². The van der Waals surface area contributed by atoms with E-state index in [9.17, 15) is 4.79 Å². The highest BCUT2D eigenvalue weighted by Gasteiger charge is 2.28. The maximum atomic E-state index is 12.3. The van der Waals surface area contributed by atoms with Crippen LogP contribution in [-0.2, 0) is 16.0 Å². The molecule has 0 N–H and O–H groups in total. The zero-order valence-electron chi connectivity index (χ0n) is 11.4. The molecule has 18 heavy (non-hydrogen) atoms. The number of morpholine rings is 1. The maximum Gasteiger partial charge on any atom is 0.227 e. The van der Waals surface area contributed by atoms with Crippen molar-refractivity contribution in [3.63, 3.8) is 0 Å². The average molecular weight is 252 g/mol. The number of amides is 1. The lowest BCUT2D eigenvalue weighted by Crippen LogP contribution is -2.50. The predicted octanol–water partition coefficient (Wildman–Crippen LogP) is 1.47. The summed E-state index contributed by atoms with van der Waals surface area (Å²) >= 11 is 0. The number of aromatic nitrogens is 1. The highest BCUT2D eigenvalue weighted by atomic mass is 16.5. The monoisotopic (exact) mass is 252 g/mol. The topological polar surface area (TPSA) is 55.6 Å². The highest BCUT2D eigenvalue weighted by Crippen LogP contribution is 2.17. The standard InChI is InChI=1S/C13H20N2O3/c1-8-7-17-9(2)6-15(8)13(16)5-12-10(3)14-18-11(12)4/h8-9H,5-7H2,1-4H3/t8-,9-/m0/s1. The van der Waals surface area contributed by atoms with Crippen LogP contribution in [0.3, 0.4) is 0 Å². The van der Waals surface area contributed by atoms with E-state index >= 15 is 0 Å². The molecule has 0 aliphatic carbocycles. The van der Waals surface area contributed by atoms with E-state index in [2.05, 4.69) is 5.16 Å². The van der Waals surface area contributed by atoms with Gasteiger partial charge in [0.2, 0.25) is 5.91 Å². The molecule has 2 atom stereocenters. The van der Waals surface area contributed by atoms with Crippen LogP contribution in [0.5, 0.6) is 0 Å². The summed E-state index contributed by atoms with van der Waals surface area (Å²) in [7, 11) is 0. The molecule has 0 spiro atoms. The normalized spacial score (nSPS) is 24.3. The van der Waals surface area contributed by atoms with Gasteiger partial charge in [0.1, 0.15) is 5.76 Å². The predicted molar refractivity (Wildman–Crippen MR) is 66.3 cm³/mol. The number of carbonyl (C=O) groups excluding carboxylic acids is 1. The molecule has 0 radical (unpaired) electrons. The number of carbonyl (C=O) groups is 1. The van der Waals surface area contributed by atoms with Crippen molar-refractivity contribution in [3.8, 4) is 0 Å². The first-order valence-electron chi connectivity index (χ1n) is 6.32. The van der Waals surface area contributed by atoms with Crippen molar-refractivity contribution in [3.05, 3.63) is 17.0 Å². The number of aryl methyl sites for hydroxylation is 2. The first-order valence-corrected chi connectivity index (χ1v) is 6.32. The Morgan fingerprint density at radius 1 is 1.44 bits per heavy atom. The molecule has 0 bridgehead atoms. The summed E-state index contributed by atoms with van der Waals surface area (Å²) < 4.78 is 10.6. The van der Waals surface area contributed by atoms with E-state index in [-0.39, 0.29) is 18.1 Å². The van der Waals surface area contributed by atoms with Gasteiger partial charge in [-0.15, -0.1) is 0 Å². The average Bonchev–Trinajstić information content (AvgIpc) is 2.64. The van der Waals surface area contributed by atoms with E-state index in [4.69, 9.17) is 9.26 Å². The van der Waals surface area contributed by atoms with E-state index in [0.717, 1.165) is 17.0 Å². The zero-order valence-corrected chi connectivity index (χ0v) is 11.4. The first kappa shape index (κ1) is 13.1. The Labute approximate surface area is 107 Å². The van der Waals surface area contributed by atoms with Gasteiger partial charge in [0, 0.05) is 12.1 Å². The number of nitrogens with zero attached hydrogens (tertiary/aromatic N) is 2. The number of rotatable bonds is 2. The molecule has 0 aromatic carbocycles. The number of ether oxygens (including phenoxy) is 1. The summed E-state index contributed by atoms with van der Waals surface area (Å²) in [5, 5.41) is 3.88. The quantitative estimate of drug-likeness (QED) is 0.799. The molecule has 1 fully saturated rings. The Morgan fingerprint density at radius 2 is 2.17 bits per heavy atom. The van der Waals surface area contributed by atoms with Gasteiger partial charge in [-0.05, 0) is 27.7 Å². The maximum absolute atomic E-state index is 12.3. The van der Waals surface area contributed by atoms with Crippen molar-refractivity contribution in [2.24, 2.45) is 0 Å². The molecule has 1 aliphatic heterocycles. The van der Waals surface area contributed by atoms with Crippen LogP contribution < -0.4 is 0 Å². The van der Waals surface area contributed by atoms with E-state index in [1.54, 1.807) is 0 Å².